The van der Waals surface area contributed by atoms with Crippen LogP contribution < -0.4 is 4.74 Å². The molecule has 0 fully saturated rings. The fraction of sp³-hybridized carbons (Fsp3) is 0.579. The predicted molar refractivity (Wildman–Crippen MR) is 90.2 cm³/mol. The molecule has 1 unspecified atom stereocenters. The highest BCUT2D eigenvalue weighted by Crippen LogP contribution is 2.35. The first-order valence-corrected chi connectivity index (χ1v) is 8.43. The van der Waals surface area contributed by atoms with Gasteiger partial charge in [-0.05, 0) is 25.2 Å². The lowest BCUT2D eigenvalue weighted by molar-refractivity contribution is -0.161. The molecule has 0 heterocycles. The van der Waals surface area contributed by atoms with Crippen LogP contribution in [-0.2, 0) is 14.3 Å². The van der Waals surface area contributed by atoms with Gasteiger partial charge in [0.05, 0.1) is 5.41 Å². The maximum atomic E-state index is 13.4. The normalized spacial score (nSPS) is 13.6. The molecule has 0 bridgehead atoms. The van der Waals surface area contributed by atoms with Crippen molar-refractivity contribution in [3.8, 4) is 5.75 Å². The van der Waals surface area contributed by atoms with Crippen LogP contribution in [0.2, 0.25) is 0 Å². The van der Waals surface area contributed by atoms with Crippen LogP contribution in [-0.4, -0.2) is 25.0 Å². The molecule has 0 amide bonds. The fourth-order valence-electron chi connectivity index (χ4n) is 2.57. The van der Waals surface area contributed by atoms with E-state index in [0.29, 0.717) is 18.6 Å². The molecule has 0 spiro atoms. The lowest BCUT2D eigenvalue weighted by Crippen LogP contribution is -2.37. The summed E-state index contributed by atoms with van der Waals surface area (Å²) in [5, 5.41) is 0. The summed E-state index contributed by atoms with van der Waals surface area (Å²) in [4.78, 5) is 24.2. The number of hydrogen-bond donors (Lipinski definition) is 0. The van der Waals surface area contributed by atoms with Crippen LogP contribution >= 0.6 is 0 Å². The quantitative estimate of drug-likeness (QED) is 0.605. The number of carbonyl (C=O) groups is 2. The third-order valence-electron chi connectivity index (χ3n) is 4.28. The van der Waals surface area contributed by atoms with Gasteiger partial charge in [-0.1, -0.05) is 27.7 Å². The van der Waals surface area contributed by atoms with Crippen LogP contribution in [0.15, 0.2) is 12.1 Å². The van der Waals surface area contributed by atoms with Gasteiger partial charge < -0.3 is 9.47 Å². The van der Waals surface area contributed by atoms with Gasteiger partial charge >= 0.3 is 5.97 Å². The zero-order valence-electron chi connectivity index (χ0n) is 15.7. The lowest BCUT2D eigenvalue weighted by atomic mass is 9.73. The Morgan fingerprint density at radius 2 is 1.58 bits per heavy atom. The minimum Gasteiger partial charge on any atom is -0.480 e. The molecule has 0 radical (unpaired) electrons. The number of ketones is 1. The van der Waals surface area contributed by atoms with Crippen molar-refractivity contribution in [2.75, 3.05) is 13.2 Å². The molecule has 0 N–H and O–H groups in total. The van der Waals surface area contributed by atoms with Crippen molar-refractivity contribution in [1.29, 1.82) is 0 Å². The SMILES string of the molecule is CC(C)CC(C)(C(=O)OCC(=O)COc1c(F)cc(F)cc1F)C(C)C. The molecule has 4 nitrogen and oxygen atoms in total. The highest BCUT2D eigenvalue weighted by Gasteiger charge is 2.38. The zero-order chi connectivity index (χ0) is 20.1. The highest BCUT2D eigenvalue weighted by atomic mass is 19.1. The van der Waals surface area contributed by atoms with E-state index in [1.807, 2.05) is 27.7 Å². The fourth-order valence-corrected chi connectivity index (χ4v) is 2.57. The Bertz CT molecular complexity index is 635. The van der Waals surface area contributed by atoms with Crippen LogP contribution in [0.25, 0.3) is 0 Å². The summed E-state index contributed by atoms with van der Waals surface area (Å²) in [6, 6.07) is 0.895. The van der Waals surface area contributed by atoms with E-state index in [0.717, 1.165) is 0 Å². The van der Waals surface area contributed by atoms with Gasteiger partial charge in [0, 0.05) is 12.1 Å². The first-order valence-electron chi connectivity index (χ1n) is 8.43. The van der Waals surface area contributed by atoms with Crippen LogP contribution in [0.3, 0.4) is 0 Å². The predicted octanol–water partition coefficient (Wildman–Crippen LogP) is 4.30. The number of carbonyl (C=O) groups excluding carboxylic acids is 2. The molecule has 0 saturated carbocycles. The molecule has 0 aliphatic rings. The molecule has 1 aromatic carbocycles. The Morgan fingerprint density at radius 3 is 2.04 bits per heavy atom. The Labute approximate surface area is 151 Å². The van der Waals surface area contributed by atoms with Crippen molar-refractivity contribution < 1.29 is 32.2 Å². The molecule has 0 aliphatic heterocycles. The summed E-state index contributed by atoms with van der Waals surface area (Å²) in [7, 11) is 0. The van der Waals surface area contributed by atoms with Gasteiger partial charge in [-0.2, -0.15) is 0 Å². The maximum absolute atomic E-state index is 13.4. The smallest absolute Gasteiger partial charge is 0.312 e. The van der Waals surface area contributed by atoms with E-state index in [4.69, 9.17) is 9.47 Å². The second-order valence-electron chi connectivity index (χ2n) is 7.27. The molecule has 1 rings (SSSR count). The third-order valence-corrected chi connectivity index (χ3v) is 4.28. The monoisotopic (exact) mass is 374 g/mol. The number of ether oxygens (including phenoxy) is 2. The second-order valence-corrected chi connectivity index (χ2v) is 7.27. The van der Waals surface area contributed by atoms with Crippen molar-refractivity contribution in [2.24, 2.45) is 17.3 Å². The van der Waals surface area contributed by atoms with Crippen LogP contribution in [0.1, 0.15) is 41.0 Å². The van der Waals surface area contributed by atoms with Crippen molar-refractivity contribution in [3.63, 3.8) is 0 Å². The topological polar surface area (TPSA) is 52.6 Å². The molecular weight excluding hydrogens is 349 g/mol. The Morgan fingerprint density at radius 1 is 1.04 bits per heavy atom. The second kappa shape index (κ2) is 9.05. The minimum absolute atomic E-state index is 0.00570. The van der Waals surface area contributed by atoms with E-state index >= 15 is 0 Å². The number of esters is 1. The van der Waals surface area contributed by atoms with Gasteiger partial charge in [0.2, 0.25) is 5.78 Å². The summed E-state index contributed by atoms with van der Waals surface area (Å²) in [5.74, 6) is -5.35. The lowest BCUT2D eigenvalue weighted by Gasteiger charge is -2.32. The average molecular weight is 374 g/mol. The number of rotatable bonds is 9. The molecule has 1 aromatic rings. The largest absolute Gasteiger partial charge is 0.480 e. The minimum atomic E-state index is -1.25. The summed E-state index contributed by atoms with van der Waals surface area (Å²) >= 11 is 0. The molecule has 0 aliphatic carbocycles. The van der Waals surface area contributed by atoms with Crippen LogP contribution in [0.5, 0.6) is 5.75 Å². The van der Waals surface area contributed by atoms with Crippen molar-refractivity contribution >= 4 is 11.8 Å². The number of hydrogen-bond acceptors (Lipinski definition) is 4. The van der Waals surface area contributed by atoms with Crippen LogP contribution in [0, 0.1) is 34.7 Å². The molecule has 0 aromatic heterocycles. The van der Waals surface area contributed by atoms with Crippen molar-refractivity contribution in [1.82, 2.24) is 0 Å². The first-order chi connectivity index (χ1) is 12.0. The summed E-state index contributed by atoms with van der Waals surface area (Å²) < 4.78 is 49.5. The van der Waals surface area contributed by atoms with Gasteiger partial charge in [-0.3, -0.25) is 9.59 Å². The Hall–Kier alpha value is -2.05. The van der Waals surface area contributed by atoms with E-state index in [1.165, 1.54) is 0 Å². The number of benzene rings is 1. The maximum Gasteiger partial charge on any atom is 0.312 e. The Balaban J connectivity index is 2.62. The molecule has 1 atom stereocenters. The van der Waals surface area contributed by atoms with Crippen molar-refractivity contribution in [3.05, 3.63) is 29.6 Å². The Kier molecular flexibility index (Phi) is 7.66. The molecule has 26 heavy (non-hydrogen) atoms. The van der Waals surface area contributed by atoms with Gasteiger partial charge in [0.25, 0.3) is 0 Å². The van der Waals surface area contributed by atoms with Gasteiger partial charge in [0.1, 0.15) is 5.82 Å². The van der Waals surface area contributed by atoms with E-state index in [1.54, 1.807) is 6.92 Å². The van der Waals surface area contributed by atoms with E-state index in [9.17, 15) is 22.8 Å². The summed E-state index contributed by atoms with van der Waals surface area (Å²) in [6.07, 6.45) is 0.597. The number of Topliss-reactive ketones (excluding diaryl/α,β-unsaturated/α-hetero) is 1. The average Bonchev–Trinajstić information content (AvgIpc) is 2.50. The van der Waals surface area contributed by atoms with Gasteiger partial charge in [-0.15, -0.1) is 0 Å². The third kappa shape index (κ3) is 5.75. The highest BCUT2D eigenvalue weighted by molar-refractivity contribution is 5.85. The zero-order valence-corrected chi connectivity index (χ0v) is 15.7. The van der Waals surface area contributed by atoms with Gasteiger partial charge in [-0.25, -0.2) is 13.2 Å². The van der Waals surface area contributed by atoms with E-state index in [-0.39, 0.29) is 11.8 Å². The van der Waals surface area contributed by atoms with Crippen LogP contribution in [0.4, 0.5) is 13.2 Å². The molecule has 7 heteroatoms. The molecule has 146 valence electrons. The van der Waals surface area contributed by atoms with E-state index < -0.39 is 53.6 Å². The summed E-state index contributed by atoms with van der Waals surface area (Å²) in [6.45, 7) is 8.28. The molecular formula is C19H25F3O4. The first kappa shape index (κ1) is 22.0. The van der Waals surface area contributed by atoms with E-state index in [2.05, 4.69) is 0 Å². The molecule has 0 saturated heterocycles. The van der Waals surface area contributed by atoms with Crippen molar-refractivity contribution in [2.45, 2.75) is 41.0 Å². The standard InChI is InChI=1S/C19H25F3O4/c1-11(2)8-19(5,12(3)4)18(24)26-10-14(23)9-25-17-15(21)6-13(20)7-16(17)22/h6-7,11-12H,8-10H2,1-5H3. The van der Waals surface area contributed by atoms with Gasteiger partial charge in [0.15, 0.2) is 30.6 Å². The summed E-state index contributed by atoms with van der Waals surface area (Å²) in [5.41, 5.74) is -0.746. The number of halogens is 3.